The van der Waals surface area contributed by atoms with Crippen LogP contribution in [0.2, 0.25) is 0 Å². The number of nitrogens with zero attached hydrogens (tertiary/aromatic N) is 2. The minimum Gasteiger partial charge on any atom is -0.304 e. The molecule has 14 heavy (non-hydrogen) atoms. The summed E-state index contributed by atoms with van der Waals surface area (Å²) in [5.74, 6) is 0.571. The molecule has 0 N–H and O–H groups in total. The SMILES string of the molecule is CCc1cnc2cc(C(C)C)ccn12. The first-order chi connectivity index (χ1) is 6.72. The van der Waals surface area contributed by atoms with Crippen LogP contribution < -0.4 is 0 Å². The van der Waals surface area contributed by atoms with Crippen LogP contribution in [-0.4, -0.2) is 9.38 Å². The van der Waals surface area contributed by atoms with Crippen molar-refractivity contribution in [2.24, 2.45) is 0 Å². The zero-order chi connectivity index (χ0) is 10.1. The van der Waals surface area contributed by atoms with Crippen molar-refractivity contribution in [2.45, 2.75) is 33.1 Å². The van der Waals surface area contributed by atoms with Crippen LogP contribution in [0.3, 0.4) is 0 Å². The third-order valence-electron chi connectivity index (χ3n) is 2.64. The van der Waals surface area contributed by atoms with Crippen molar-refractivity contribution in [3.63, 3.8) is 0 Å². The molecular weight excluding hydrogens is 172 g/mol. The average Bonchev–Trinajstić information content (AvgIpc) is 2.59. The molecule has 0 atom stereocenters. The van der Waals surface area contributed by atoms with Gasteiger partial charge in [-0.1, -0.05) is 20.8 Å². The van der Waals surface area contributed by atoms with Crippen molar-refractivity contribution in [1.29, 1.82) is 0 Å². The largest absolute Gasteiger partial charge is 0.304 e. The van der Waals surface area contributed by atoms with Crippen LogP contribution in [0.1, 0.15) is 37.9 Å². The summed E-state index contributed by atoms with van der Waals surface area (Å²) in [7, 11) is 0. The Morgan fingerprint density at radius 1 is 1.43 bits per heavy atom. The number of aromatic nitrogens is 2. The van der Waals surface area contributed by atoms with Gasteiger partial charge < -0.3 is 4.40 Å². The lowest BCUT2D eigenvalue weighted by Gasteiger charge is -2.05. The predicted molar refractivity (Wildman–Crippen MR) is 58.7 cm³/mol. The van der Waals surface area contributed by atoms with Crippen LogP contribution in [0.25, 0.3) is 5.65 Å². The summed E-state index contributed by atoms with van der Waals surface area (Å²) in [6.07, 6.45) is 5.11. The number of imidazole rings is 1. The Bertz CT molecular complexity index is 441. The Morgan fingerprint density at radius 2 is 2.21 bits per heavy atom. The van der Waals surface area contributed by atoms with Crippen LogP contribution in [0.15, 0.2) is 24.5 Å². The zero-order valence-corrected chi connectivity index (χ0v) is 8.99. The molecule has 0 spiro atoms. The van der Waals surface area contributed by atoms with Crippen molar-refractivity contribution in [3.05, 3.63) is 35.8 Å². The van der Waals surface area contributed by atoms with Gasteiger partial charge in [-0.15, -0.1) is 0 Å². The minimum absolute atomic E-state index is 0.571. The van der Waals surface area contributed by atoms with E-state index in [9.17, 15) is 0 Å². The van der Waals surface area contributed by atoms with Gasteiger partial charge in [0.2, 0.25) is 0 Å². The second kappa shape index (κ2) is 3.45. The summed E-state index contributed by atoms with van der Waals surface area (Å²) >= 11 is 0. The molecule has 2 aromatic heterocycles. The first-order valence-corrected chi connectivity index (χ1v) is 5.18. The van der Waals surface area contributed by atoms with E-state index >= 15 is 0 Å². The van der Waals surface area contributed by atoms with E-state index in [1.54, 1.807) is 0 Å². The fourth-order valence-corrected chi connectivity index (χ4v) is 1.67. The molecule has 0 aliphatic carbocycles. The molecule has 0 fully saturated rings. The molecule has 2 aromatic rings. The Hall–Kier alpha value is -1.31. The van der Waals surface area contributed by atoms with Crippen molar-refractivity contribution >= 4 is 5.65 Å². The average molecular weight is 188 g/mol. The number of rotatable bonds is 2. The molecule has 2 nitrogen and oxygen atoms in total. The van der Waals surface area contributed by atoms with E-state index in [0.29, 0.717) is 5.92 Å². The van der Waals surface area contributed by atoms with Gasteiger partial charge in [0.1, 0.15) is 5.65 Å². The minimum atomic E-state index is 0.571. The highest BCUT2D eigenvalue weighted by Crippen LogP contribution is 2.16. The molecule has 0 unspecified atom stereocenters. The molecule has 0 radical (unpaired) electrons. The van der Waals surface area contributed by atoms with E-state index in [-0.39, 0.29) is 0 Å². The third-order valence-corrected chi connectivity index (χ3v) is 2.64. The van der Waals surface area contributed by atoms with Gasteiger partial charge in [-0.25, -0.2) is 4.98 Å². The molecular formula is C12H16N2. The van der Waals surface area contributed by atoms with Crippen LogP contribution >= 0.6 is 0 Å². The molecule has 0 amide bonds. The lowest BCUT2D eigenvalue weighted by atomic mass is 10.1. The molecule has 0 aliphatic rings. The van der Waals surface area contributed by atoms with Gasteiger partial charge in [-0.05, 0) is 30.0 Å². The molecule has 0 aromatic carbocycles. The summed E-state index contributed by atoms with van der Waals surface area (Å²) < 4.78 is 2.16. The van der Waals surface area contributed by atoms with E-state index in [1.165, 1.54) is 11.3 Å². The van der Waals surface area contributed by atoms with Gasteiger partial charge in [0.05, 0.1) is 0 Å². The first kappa shape index (κ1) is 9.25. The molecule has 2 heterocycles. The van der Waals surface area contributed by atoms with Gasteiger partial charge in [0.25, 0.3) is 0 Å². The molecule has 0 bridgehead atoms. The summed E-state index contributed by atoms with van der Waals surface area (Å²) in [6, 6.07) is 4.35. The highest BCUT2D eigenvalue weighted by molar-refractivity contribution is 5.44. The van der Waals surface area contributed by atoms with E-state index in [2.05, 4.69) is 48.5 Å². The van der Waals surface area contributed by atoms with Crippen LogP contribution in [0.5, 0.6) is 0 Å². The Kier molecular flexibility index (Phi) is 2.28. The summed E-state index contributed by atoms with van der Waals surface area (Å²) in [5, 5.41) is 0. The second-order valence-electron chi connectivity index (χ2n) is 3.95. The smallest absolute Gasteiger partial charge is 0.137 e. The van der Waals surface area contributed by atoms with Crippen LogP contribution in [0.4, 0.5) is 0 Å². The van der Waals surface area contributed by atoms with E-state index in [4.69, 9.17) is 0 Å². The zero-order valence-electron chi connectivity index (χ0n) is 8.99. The monoisotopic (exact) mass is 188 g/mol. The molecule has 0 saturated carbocycles. The fourth-order valence-electron chi connectivity index (χ4n) is 1.67. The van der Waals surface area contributed by atoms with Gasteiger partial charge in [0.15, 0.2) is 0 Å². The lowest BCUT2D eigenvalue weighted by Crippen LogP contribution is -1.93. The van der Waals surface area contributed by atoms with Gasteiger partial charge in [-0.2, -0.15) is 0 Å². The van der Waals surface area contributed by atoms with Gasteiger partial charge in [0, 0.05) is 18.1 Å². The number of fused-ring (bicyclic) bond motifs is 1. The number of hydrogen-bond donors (Lipinski definition) is 0. The van der Waals surface area contributed by atoms with E-state index in [1.807, 2.05) is 6.20 Å². The standard InChI is InChI=1S/C12H16N2/c1-4-11-8-13-12-7-10(9(2)3)5-6-14(11)12/h5-9H,4H2,1-3H3. The topological polar surface area (TPSA) is 17.3 Å². The van der Waals surface area contributed by atoms with E-state index in [0.717, 1.165) is 12.1 Å². The van der Waals surface area contributed by atoms with Crippen molar-refractivity contribution < 1.29 is 0 Å². The number of aryl methyl sites for hydroxylation is 1. The number of hydrogen-bond acceptors (Lipinski definition) is 1. The van der Waals surface area contributed by atoms with Crippen LogP contribution in [0, 0.1) is 0 Å². The Morgan fingerprint density at radius 3 is 2.86 bits per heavy atom. The summed E-state index contributed by atoms with van der Waals surface area (Å²) in [6.45, 7) is 6.56. The molecule has 74 valence electrons. The van der Waals surface area contributed by atoms with Crippen molar-refractivity contribution in [2.75, 3.05) is 0 Å². The molecule has 0 aliphatic heterocycles. The third kappa shape index (κ3) is 1.41. The van der Waals surface area contributed by atoms with E-state index < -0.39 is 0 Å². The summed E-state index contributed by atoms with van der Waals surface area (Å²) in [5.41, 5.74) is 3.69. The fraction of sp³-hybridized carbons (Fsp3) is 0.417. The lowest BCUT2D eigenvalue weighted by molar-refractivity contribution is 0.860. The normalized spacial score (nSPS) is 11.4. The molecule has 2 rings (SSSR count). The van der Waals surface area contributed by atoms with Crippen molar-refractivity contribution in [1.82, 2.24) is 9.38 Å². The maximum absolute atomic E-state index is 4.40. The Labute approximate surface area is 84.6 Å². The highest BCUT2D eigenvalue weighted by atomic mass is 15.0. The first-order valence-electron chi connectivity index (χ1n) is 5.18. The maximum atomic E-state index is 4.40. The van der Waals surface area contributed by atoms with Gasteiger partial charge >= 0.3 is 0 Å². The predicted octanol–water partition coefficient (Wildman–Crippen LogP) is 3.02. The molecule has 2 heteroatoms. The highest BCUT2D eigenvalue weighted by Gasteiger charge is 2.04. The van der Waals surface area contributed by atoms with Gasteiger partial charge in [-0.3, -0.25) is 0 Å². The Balaban J connectivity index is 2.57. The second-order valence-corrected chi connectivity index (χ2v) is 3.95. The molecule has 0 saturated heterocycles. The number of pyridine rings is 1. The van der Waals surface area contributed by atoms with Crippen LogP contribution in [-0.2, 0) is 6.42 Å². The summed E-state index contributed by atoms with van der Waals surface area (Å²) in [4.78, 5) is 4.40. The quantitative estimate of drug-likeness (QED) is 0.708. The maximum Gasteiger partial charge on any atom is 0.137 e. The van der Waals surface area contributed by atoms with Crippen molar-refractivity contribution in [3.8, 4) is 0 Å².